The minimum atomic E-state index is -0.916. The molecule has 0 saturated carbocycles. The Morgan fingerprint density at radius 2 is 1.74 bits per heavy atom. The van der Waals surface area contributed by atoms with Gasteiger partial charge >= 0.3 is 0 Å². The molecule has 4 unspecified atom stereocenters. The molecule has 4 aromatic rings. The number of nitrogens with zero attached hydrogens (tertiary/aromatic N) is 3. The first kappa shape index (κ1) is 28.1. The minimum absolute atomic E-state index is 0.163. The summed E-state index contributed by atoms with van der Waals surface area (Å²) in [5, 5.41) is 16.6. The maximum atomic E-state index is 14.6. The summed E-state index contributed by atoms with van der Waals surface area (Å²) < 4.78 is 5.86. The predicted octanol–water partition coefficient (Wildman–Crippen LogP) is 5.17. The lowest BCUT2D eigenvalue weighted by Gasteiger charge is -2.36. The molecule has 6 rings (SSSR count). The van der Waals surface area contributed by atoms with E-state index >= 15 is 0 Å². The van der Waals surface area contributed by atoms with Crippen molar-refractivity contribution in [1.82, 2.24) is 15.1 Å². The molecule has 0 spiro atoms. The number of benzene rings is 1. The Morgan fingerprint density at radius 1 is 0.976 bits per heavy atom. The fourth-order valence-electron chi connectivity index (χ4n) is 6.23. The van der Waals surface area contributed by atoms with Crippen molar-refractivity contribution in [3.05, 3.63) is 103 Å². The van der Waals surface area contributed by atoms with Gasteiger partial charge in [0.2, 0.25) is 11.7 Å². The van der Waals surface area contributed by atoms with Gasteiger partial charge in [0, 0.05) is 37.0 Å². The summed E-state index contributed by atoms with van der Waals surface area (Å²) in [6.45, 7) is 6.12. The van der Waals surface area contributed by atoms with Crippen molar-refractivity contribution in [2.24, 2.45) is 5.92 Å². The van der Waals surface area contributed by atoms with Crippen LogP contribution < -0.4 is 5.32 Å². The highest BCUT2D eigenvalue weighted by molar-refractivity contribution is 7.12. The number of furan rings is 1. The summed E-state index contributed by atoms with van der Waals surface area (Å²) in [4.78, 5) is 48.6. The molecular formula is C32H30N4O4S2. The molecule has 2 saturated heterocycles. The van der Waals surface area contributed by atoms with E-state index in [0.29, 0.717) is 47.9 Å². The number of likely N-dealkylation sites (tertiary alicyclic amines) is 1. The van der Waals surface area contributed by atoms with Crippen LogP contribution >= 0.6 is 22.7 Å². The second-order valence-corrected chi connectivity index (χ2v) is 12.6. The number of hydrogen-bond donors (Lipinski definition) is 1. The Morgan fingerprint density at radius 3 is 2.33 bits per heavy atom. The molecule has 0 bridgehead atoms. The van der Waals surface area contributed by atoms with Crippen LogP contribution in [-0.4, -0.2) is 59.6 Å². The first-order chi connectivity index (χ1) is 20.4. The number of carbonyl (C=O) groups excluding carboxylic acids is 3. The van der Waals surface area contributed by atoms with Crippen molar-refractivity contribution in [3.63, 3.8) is 0 Å². The predicted molar refractivity (Wildman–Crippen MR) is 161 cm³/mol. The van der Waals surface area contributed by atoms with Gasteiger partial charge in [-0.1, -0.05) is 18.2 Å². The van der Waals surface area contributed by atoms with Gasteiger partial charge in [-0.3, -0.25) is 14.4 Å². The largest absolute Gasteiger partial charge is 0.458 e. The van der Waals surface area contributed by atoms with Crippen molar-refractivity contribution >= 4 is 40.3 Å². The lowest BCUT2D eigenvalue weighted by molar-refractivity contribution is -0.136. The zero-order chi connectivity index (χ0) is 29.4. The lowest BCUT2D eigenvalue weighted by Crippen LogP contribution is -2.54. The van der Waals surface area contributed by atoms with Gasteiger partial charge in [-0.25, -0.2) is 0 Å². The van der Waals surface area contributed by atoms with Crippen LogP contribution in [0.5, 0.6) is 0 Å². The Bertz CT molecular complexity index is 1640. The van der Waals surface area contributed by atoms with Crippen LogP contribution in [0.25, 0.3) is 0 Å². The molecular weight excluding hydrogens is 569 g/mol. The Labute approximate surface area is 252 Å². The van der Waals surface area contributed by atoms with E-state index in [4.69, 9.17) is 4.42 Å². The molecule has 1 N–H and O–H groups in total. The van der Waals surface area contributed by atoms with E-state index in [-0.39, 0.29) is 23.4 Å². The standard InChI is InChI=1S/C32H30N4O4S2/c1-19-11-17-42-30(19)26-25(29(37)23-10-5-20(2)40-23)27(22-8-6-21(18-33)7-9-22)36(31(38)24-4-3-16-41-24)28(26)32(39)35-14-12-34-13-15-35/h3-11,16-17,25-28,34H,12-15H2,1-2H3. The first-order valence-electron chi connectivity index (χ1n) is 13.9. The van der Waals surface area contributed by atoms with E-state index < -0.39 is 23.9 Å². The third-order valence-corrected chi connectivity index (χ3v) is 10.2. The number of hydrogen-bond acceptors (Lipinski definition) is 8. The Kier molecular flexibility index (Phi) is 7.82. The maximum absolute atomic E-state index is 14.6. The summed E-state index contributed by atoms with van der Waals surface area (Å²) in [5.41, 5.74) is 2.13. The van der Waals surface area contributed by atoms with Crippen molar-refractivity contribution in [3.8, 4) is 6.07 Å². The number of aryl methyl sites for hydroxylation is 2. The highest BCUT2D eigenvalue weighted by atomic mass is 32.1. The molecule has 2 aliphatic rings. The zero-order valence-electron chi connectivity index (χ0n) is 23.3. The van der Waals surface area contributed by atoms with Gasteiger partial charge in [0.25, 0.3) is 5.91 Å². The fraction of sp³-hybridized carbons (Fsp3) is 0.312. The zero-order valence-corrected chi connectivity index (χ0v) is 24.9. The fourth-order valence-corrected chi connectivity index (χ4v) is 8.00. The molecule has 10 heteroatoms. The minimum Gasteiger partial charge on any atom is -0.458 e. The first-order valence-corrected chi connectivity index (χ1v) is 15.7. The number of rotatable bonds is 6. The van der Waals surface area contributed by atoms with Crippen molar-refractivity contribution in [2.45, 2.75) is 31.8 Å². The monoisotopic (exact) mass is 598 g/mol. The second-order valence-electron chi connectivity index (χ2n) is 10.7. The Balaban J connectivity index is 1.60. The van der Waals surface area contributed by atoms with Gasteiger partial charge in [-0.2, -0.15) is 5.26 Å². The summed E-state index contributed by atoms with van der Waals surface area (Å²) in [6, 6.07) is 16.4. The van der Waals surface area contributed by atoms with Crippen LogP contribution in [-0.2, 0) is 4.79 Å². The highest BCUT2D eigenvalue weighted by Gasteiger charge is 2.59. The number of nitrogens with one attached hydrogen (secondary N) is 1. The van der Waals surface area contributed by atoms with E-state index in [2.05, 4.69) is 11.4 Å². The molecule has 2 aliphatic heterocycles. The van der Waals surface area contributed by atoms with E-state index in [1.54, 1.807) is 54.3 Å². The summed E-state index contributed by atoms with van der Waals surface area (Å²) in [7, 11) is 0. The molecule has 4 atom stereocenters. The highest BCUT2D eigenvalue weighted by Crippen LogP contribution is 2.54. The van der Waals surface area contributed by atoms with Crippen LogP contribution in [0.15, 0.2) is 69.8 Å². The molecule has 0 radical (unpaired) electrons. The van der Waals surface area contributed by atoms with Gasteiger partial charge in [-0.15, -0.1) is 22.7 Å². The van der Waals surface area contributed by atoms with E-state index in [9.17, 15) is 19.6 Å². The molecule has 3 aromatic heterocycles. The Hall–Kier alpha value is -4.04. The summed E-state index contributed by atoms with van der Waals surface area (Å²) in [5.74, 6) is -1.31. The van der Waals surface area contributed by atoms with Gasteiger partial charge in [-0.05, 0) is 72.1 Å². The van der Waals surface area contributed by atoms with Gasteiger partial charge in [0.1, 0.15) is 11.8 Å². The summed E-state index contributed by atoms with van der Waals surface area (Å²) in [6.07, 6.45) is 0. The van der Waals surface area contributed by atoms with E-state index in [1.807, 2.05) is 34.7 Å². The molecule has 5 heterocycles. The number of Topliss-reactive ketones (excluding diaryl/α,β-unsaturated/α-hetero) is 1. The third-order valence-electron chi connectivity index (χ3n) is 8.19. The molecule has 214 valence electrons. The molecule has 1 aromatic carbocycles. The van der Waals surface area contributed by atoms with Crippen LogP contribution in [0, 0.1) is 31.1 Å². The third kappa shape index (κ3) is 4.98. The number of piperazine rings is 1. The number of carbonyl (C=O) groups is 3. The number of thiophene rings is 2. The molecule has 2 amide bonds. The molecule has 42 heavy (non-hydrogen) atoms. The summed E-state index contributed by atoms with van der Waals surface area (Å²) >= 11 is 2.82. The van der Waals surface area contributed by atoms with Crippen molar-refractivity contribution in [2.75, 3.05) is 26.2 Å². The molecule has 8 nitrogen and oxygen atoms in total. The SMILES string of the molecule is Cc1ccc(C(=O)C2C(c3sccc3C)C(C(=O)N3CCNCC3)N(C(=O)c3cccs3)C2c2ccc(C#N)cc2)o1. The second kappa shape index (κ2) is 11.7. The lowest BCUT2D eigenvalue weighted by atomic mass is 9.78. The maximum Gasteiger partial charge on any atom is 0.265 e. The number of ketones is 1. The van der Waals surface area contributed by atoms with Crippen LogP contribution in [0.3, 0.4) is 0 Å². The topological polar surface area (TPSA) is 107 Å². The average molecular weight is 599 g/mol. The molecule has 0 aliphatic carbocycles. The van der Waals surface area contributed by atoms with E-state index in [0.717, 1.165) is 10.4 Å². The number of nitriles is 1. The normalized spacial score (nSPS) is 22.2. The smallest absolute Gasteiger partial charge is 0.265 e. The number of amides is 2. The quantitative estimate of drug-likeness (QED) is 0.307. The van der Waals surface area contributed by atoms with Gasteiger partial charge < -0.3 is 19.5 Å². The average Bonchev–Trinajstić information content (AvgIpc) is 3.83. The van der Waals surface area contributed by atoms with Crippen LogP contribution in [0.2, 0.25) is 0 Å². The van der Waals surface area contributed by atoms with Crippen LogP contribution in [0.1, 0.15) is 59.5 Å². The van der Waals surface area contributed by atoms with Crippen molar-refractivity contribution < 1.29 is 18.8 Å². The van der Waals surface area contributed by atoms with Crippen molar-refractivity contribution in [1.29, 1.82) is 5.26 Å². The van der Waals surface area contributed by atoms with Gasteiger partial charge in [0.05, 0.1) is 28.5 Å². The van der Waals surface area contributed by atoms with Crippen LogP contribution in [0.4, 0.5) is 0 Å². The van der Waals surface area contributed by atoms with Gasteiger partial charge in [0.15, 0.2) is 5.76 Å². The molecule has 2 fully saturated rings. The van der Waals surface area contributed by atoms with E-state index in [1.165, 1.54) is 22.7 Å².